The Labute approximate surface area is 136 Å². The fraction of sp³-hybridized carbons (Fsp3) is 0.571. The molecule has 3 atom stereocenters. The Morgan fingerprint density at radius 3 is 2.76 bits per heavy atom. The lowest BCUT2D eigenvalue weighted by Gasteiger charge is -2.29. The third-order valence-corrected chi connectivity index (χ3v) is 4.44. The summed E-state index contributed by atoms with van der Waals surface area (Å²) >= 11 is 0. The van der Waals surface area contributed by atoms with Gasteiger partial charge in [-0.25, -0.2) is 4.39 Å². The Morgan fingerprint density at radius 2 is 2.10 bits per heavy atom. The predicted octanol–water partition coefficient (Wildman–Crippen LogP) is 2.26. The summed E-state index contributed by atoms with van der Waals surface area (Å²) in [6, 6.07) is 1.62. The lowest BCUT2D eigenvalue weighted by atomic mass is 9.78. The van der Waals surface area contributed by atoms with E-state index in [1.807, 2.05) is 0 Å². The highest BCUT2D eigenvalue weighted by Crippen LogP contribution is 2.36. The molecule has 1 saturated heterocycles. The first kappa shape index (κ1) is 18.1. The van der Waals surface area contributed by atoms with Crippen LogP contribution in [0.4, 0.5) is 4.39 Å². The van der Waals surface area contributed by atoms with Crippen molar-refractivity contribution in [3.8, 4) is 0 Å². The number of amides is 1. The minimum atomic E-state index is -0.549. The van der Waals surface area contributed by atoms with E-state index in [0.717, 1.165) is 25.5 Å². The molecule has 0 aromatic carbocycles. The summed E-state index contributed by atoms with van der Waals surface area (Å²) in [5.41, 5.74) is 6.24. The number of likely N-dealkylation sites (tertiary alicyclic amines) is 1. The molecule has 3 unspecified atom stereocenters. The van der Waals surface area contributed by atoms with Gasteiger partial charge in [-0.1, -0.05) is 6.42 Å². The smallest absolute Gasteiger partial charge is 0.256 e. The van der Waals surface area contributed by atoms with Gasteiger partial charge in [-0.2, -0.15) is 0 Å². The van der Waals surface area contributed by atoms with Gasteiger partial charge in [0, 0.05) is 25.3 Å². The quantitative estimate of drug-likeness (QED) is 0.856. The van der Waals surface area contributed by atoms with Crippen LogP contribution >= 0.6 is 24.8 Å². The standard InChI is InChI=1S/C14H18FN3O.2ClH/c15-12-6-17-5-4-10(12)14(19)18-7-9-2-1-3-13(16)11(9)8-18;;/h4-6,9,11,13H,1-3,7-8,16H2;2*1H. The molecule has 1 aliphatic heterocycles. The van der Waals surface area contributed by atoms with Crippen LogP contribution in [0.3, 0.4) is 0 Å². The molecule has 1 aromatic heterocycles. The van der Waals surface area contributed by atoms with Gasteiger partial charge in [0.25, 0.3) is 5.91 Å². The monoisotopic (exact) mass is 335 g/mol. The van der Waals surface area contributed by atoms with E-state index in [1.54, 1.807) is 4.90 Å². The maximum absolute atomic E-state index is 13.6. The van der Waals surface area contributed by atoms with Gasteiger partial charge in [0.1, 0.15) is 0 Å². The number of nitrogens with two attached hydrogens (primary N) is 1. The van der Waals surface area contributed by atoms with Crippen molar-refractivity contribution >= 4 is 30.7 Å². The second-order valence-corrected chi connectivity index (χ2v) is 5.58. The topological polar surface area (TPSA) is 59.2 Å². The average molecular weight is 336 g/mol. The molecule has 4 nitrogen and oxygen atoms in total. The van der Waals surface area contributed by atoms with Crippen molar-refractivity contribution in [2.45, 2.75) is 25.3 Å². The molecule has 1 aliphatic carbocycles. The number of fused-ring (bicyclic) bond motifs is 1. The van der Waals surface area contributed by atoms with Crippen LogP contribution in [-0.4, -0.2) is 34.9 Å². The van der Waals surface area contributed by atoms with Crippen molar-refractivity contribution in [3.05, 3.63) is 29.8 Å². The van der Waals surface area contributed by atoms with E-state index in [4.69, 9.17) is 5.73 Å². The summed E-state index contributed by atoms with van der Waals surface area (Å²) in [6.07, 6.45) is 5.83. The van der Waals surface area contributed by atoms with E-state index in [9.17, 15) is 9.18 Å². The lowest BCUT2D eigenvalue weighted by Crippen LogP contribution is -2.38. The summed E-state index contributed by atoms with van der Waals surface area (Å²) in [6.45, 7) is 1.37. The maximum Gasteiger partial charge on any atom is 0.256 e. The third kappa shape index (κ3) is 3.47. The van der Waals surface area contributed by atoms with Crippen molar-refractivity contribution in [1.82, 2.24) is 9.88 Å². The highest BCUT2D eigenvalue weighted by Gasteiger charge is 2.40. The molecular weight excluding hydrogens is 316 g/mol. The molecule has 1 amide bonds. The maximum atomic E-state index is 13.6. The zero-order valence-electron chi connectivity index (χ0n) is 11.6. The molecule has 0 spiro atoms. The van der Waals surface area contributed by atoms with E-state index < -0.39 is 5.82 Å². The number of halogens is 3. The van der Waals surface area contributed by atoms with E-state index >= 15 is 0 Å². The fourth-order valence-electron chi connectivity index (χ4n) is 3.40. The number of hydrogen-bond acceptors (Lipinski definition) is 3. The Balaban J connectivity index is 0.00000110. The summed E-state index contributed by atoms with van der Waals surface area (Å²) in [5, 5.41) is 0. The summed E-state index contributed by atoms with van der Waals surface area (Å²) in [7, 11) is 0. The number of rotatable bonds is 1. The number of nitrogens with zero attached hydrogens (tertiary/aromatic N) is 2. The first-order valence-corrected chi connectivity index (χ1v) is 6.81. The Kier molecular flexibility index (Phi) is 6.38. The van der Waals surface area contributed by atoms with Crippen LogP contribution in [0.2, 0.25) is 0 Å². The van der Waals surface area contributed by atoms with E-state index in [-0.39, 0.29) is 42.3 Å². The average Bonchev–Trinajstić information content (AvgIpc) is 2.84. The van der Waals surface area contributed by atoms with E-state index in [2.05, 4.69) is 4.98 Å². The van der Waals surface area contributed by atoms with Crippen LogP contribution < -0.4 is 5.73 Å². The molecular formula is C14H20Cl2FN3O. The normalized spacial score (nSPS) is 27.3. The van der Waals surface area contributed by atoms with Gasteiger partial charge in [0.15, 0.2) is 5.82 Å². The van der Waals surface area contributed by atoms with Gasteiger partial charge in [-0.15, -0.1) is 24.8 Å². The molecule has 7 heteroatoms. The first-order chi connectivity index (χ1) is 9.16. The minimum absolute atomic E-state index is 0. The van der Waals surface area contributed by atoms with Gasteiger partial charge in [0.05, 0.1) is 11.8 Å². The molecule has 21 heavy (non-hydrogen) atoms. The lowest BCUT2D eigenvalue weighted by molar-refractivity contribution is 0.0778. The second kappa shape index (κ2) is 7.38. The number of pyridine rings is 1. The highest BCUT2D eigenvalue weighted by molar-refractivity contribution is 5.94. The van der Waals surface area contributed by atoms with Gasteiger partial charge in [-0.05, 0) is 30.7 Å². The second-order valence-electron chi connectivity index (χ2n) is 5.58. The predicted molar refractivity (Wildman–Crippen MR) is 83.4 cm³/mol. The molecule has 0 radical (unpaired) electrons. The molecule has 1 aromatic rings. The third-order valence-electron chi connectivity index (χ3n) is 4.44. The fourth-order valence-corrected chi connectivity index (χ4v) is 3.40. The van der Waals surface area contributed by atoms with Gasteiger partial charge >= 0.3 is 0 Å². The van der Waals surface area contributed by atoms with Crippen LogP contribution in [-0.2, 0) is 0 Å². The summed E-state index contributed by atoms with van der Waals surface area (Å²) < 4.78 is 13.6. The molecule has 1 saturated carbocycles. The van der Waals surface area contributed by atoms with Crippen LogP contribution in [0.1, 0.15) is 29.6 Å². The molecule has 2 heterocycles. The van der Waals surface area contributed by atoms with E-state index in [1.165, 1.54) is 12.3 Å². The Hall–Kier alpha value is -0.910. The number of hydrogen-bond donors (Lipinski definition) is 1. The van der Waals surface area contributed by atoms with E-state index in [0.29, 0.717) is 24.9 Å². The number of carbonyl (C=O) groups is 1. The van der Waals surface area contributed by atoms with Crippen molar-refractivity contribution < 1.29 is 9.18 Å². The van der Waals surface area contributed by atoms with Crippen LogP contribution in [0.5, 0.6) is 0 Å². The largest absolute Gasteiger partial charge is 0.338 e. The number of carbonyl (C=O) groups excluding carboxylic acids is 1. The molecule has 118 valence electrons. The Morgan fingerprint density at radius 1 is 1.33 bits per heavy atom. The van der Waals surface area contributed by atoms with Crippen molar-refractivity contribution in [2.24, 2.45) is 17.6 Å². The van der Waals surface area contributed by atoms with Gasteiger partial charge < -0.3 is 10.6 Å². The van der Waals surface area contributed by atoms with Gasteiger partial charge in [-0.3, -0.25) is 9.78 Å². The molecule has 2 fully saturated rings. The SMILES string of the molecule is Cl.Cl.NC1CCCC2CN(C(=O)c3ccncc3F)CC12. The van der Waals surface area contributed by atoms with Crippen molar-refractivity contribution in [2.75, 3.05) is 13.1 Å². The van der Waals surface area contributed by atoms with Crippen LogP contribution in [0.25, 0.3) is 0 Å². The molecule has 3 rings (SSSR count). The zero-order chi connectivity index (χ0) is 13.4. The minimum Gasteiger partial charge on any atom is -0.338 e. The number of aromatic nitrogens is 1. The van der Waals surface area contributed by atoms with Crippen molar-refractivity contribution in [3.63, 3.8) is 0 Å². The van der Waals surface area contributed by atoms with Crippen LogP contribution in [0.15, 0.2) is 18.5 Å². The van der Waals surface area contributed by atoms with Crippen LogP contribution in [0, 0.1) is 17.7 Å². The van der Waals surface area contributed by atoms with Gasteiger partial charge in [0.2, 0.25) is 0 Å². The first-order valence-electron chi connectivity index (χ1n) is 6.81. The molecule has 2 aliphatic rings. The van der Waals surface area contributed by atoms with Crippen molar-refractivity contribution in [1.29, 1.82) is 0 Å². The zero-order valence-corrected chi connectivity index (χ0v) is 13.2. The summed E-state index contributed by atoms with van der Waals surface area (Å²) in [5.74, 6) is 0.0772. The summed E-state index contributed by atoms with van der Waals surface area (Å²) in [4.78, 5) is 17.8. The highest BCUT2D eigenvalue weighted by atomic mass is 35.5. The molecule has 2 N–H and O–H groups in total. The molecule has 0 bridgehead atoms. The Bertz CT molecular complexity index is 503.